The van der Waals surface area contributed by atoms with Gasteiger partial charge in [0.2, 0.25) is 5.43 Å². The monoisotopic (exact) mass is 285 g/mol. The van der Waals surface area contributed by atoms with E-state index in [9.17, 15) is 9.18 Å². The van der Waals surface area contributed by atoms with Crippen LogP contribution in [0.4, 0.5) is 4.39 Å². The van der Waals surface area contributed by atoms with Crippen LogP contribution in [0.25, 0.3) is 10.9 Å². The number of halogens is 2. The van der Waals surface area contributed by atoms with Gasteiger partial charge in [0.05, 0.1) is 22.0 Å². The van der Waals surface area contributed by atoms with Crippen LogP contribution in [0.2, 0.25) is 0 Å². The van der Waals surface area contributed by atoms with Gasteiger partial charge in [0, 0.05) is 12.3 Å². The van der Waals surface area contributed by atoms with Gasteiger partial charge in [0.25, 0.3) is 0 Å². The maximum Gasteiger partial charge on any atom is 0.203 e. The molecule has 3 nitrogen and oxygen atoms in total. The number of nitrogens with one attached hydrogen (secondary N) is 1. The van der Waals surface area contributed by atoms with E-state index < -0.39 is 5.82 Å². The second-order valence-electron chi connectivity index (χ2n) is 3.23. The van der Waals surface area contributed by atoms with Gasteiger partial charge < -0.3 is 9.72 Å². The summed E-state index contributed by atoms with van der Waals surface area (Å²) in [6, 6.07) is 2.67. The van der Waals surface area contributed by atoms with E-state index in [2.05, 4.69) is 20.9 Å². The molecule has 5 heteroatoms. The Balaban J connectivity index is 2.76. The Bertz CT molecular complexity index is 594. The number of H-pyrrole nitrogens is 1. The molecule has 16 heavy (non-hydrogen) atoms. The highest BCUT2D eigenvalue weighted by Crippen LogP contribution is 2.22. The summed E-state index contributed by atoms with van der Waals surface area (Å²) in [7, 11) is 0. The summed E-state index contributed by atoms with van der Waals surface area (Å²) in [5.74, 6) is -0.383. The minimum absolute atomic E-state index is 0.0959. The van der Waals surface area contributed by atoms with E-state index in [0.29, 0.717) is 22.0 Å². The number of pyridine rings is 1. The van der Waals surface area contributed by atoms with Gasteiger partial charge in [-0.1, -0.05) is 0 Å². The molecular formula is C11H9BrFNO2. The zero-order chi connectivity index (χ0) is 11.7. The van der Waals surface area contributed by atoms with Crippen LogP contribution < -0.4 is 10.2 Å². The van der Waals surface area contributed by atoms with E-state index >= 15 is 0 Å². The van der Waals surface area contributed by atoms with Gasteiger partial charge in [-0.25, -0.2) is 4.39 Å². The Labute approximate surface area is 99.4 Å². The molecule has 1 heterocycles. The van der Waals surface area contributed by atoms with E-state index in [1.165, 1.54) is 18.3 Å². The Morgan fingerprint density at radius 2 is 2.25 bits per heavy atom. The van der Waals surface area contributed by atoms with Crippen molar-refractivity contribution in [3.8, 4) is 5.75 Å². The maximum absolute atomic E-state index is 13.5. The summed E-state index contributed by atoms with van der Waals surface area (Å²) in [6.45, 7) is 2.11. The fraction of sp³-hybridized carbons (Fsp3) is 0.182. The van der Waals surface area contributed by atoms with Crippen LogP contribution in [0.1, 0.15) is 6.92 Å². The van der Waals surface area contributed by atoms with Gasteiger partial charge in [0.1, 0.15) is 0 Å². The van der Waals surface area contributed by atoms with Gasteiger partial charge in [-0.05, 0) is 28.9 Å². The number of benzene rings is 1. The third kappa shape index (κ3) is 1.82. The van der Waals surface area contributed by atoms with Gasteiger partial charge in [0.15, 0.2) is 11.6 Å². The first-order valence-electron chi connectivity index (χ1n) is 4.76. The van der Waals surface area contributed by atoms with E-state index in [1.54, 1.807) is 6.92 Å². The molecule has 0 saturated carbocycles. The molecule has 0 radical (unpaired) electrons. The third-order valence-electron chi connectivity index (χ3n) is 2.19. The Hall–Kier alpha value is -1.36. The highest BCUT2D eigenvalue weighted by atomic mass is 79.9. The fourth-order valence-electron chi connectivity index (χ4n) is 1.46. The first-order chi connectivity index (χ1) is 7.63. The number of hydrogen-bond donors (Lipinski definition) is 1. The van der Waals surface area contributed by atoms with Crippen molar-refractivity contribution in [3.05, 3.63) is 38.8 Å². The normalized spacial score (nSPS) is 10.7. The number of aromatic amines is 1. The molecule has 2 rings (SSSR count). The summed E-state index contributed by atoms with van der Waals surface area (Å²) < 4.78 is 19.0. The summed E-state index contributed by atoms with van der Waals surface area (Å²) in [5.41, 5.74) is 0.267. The van der Waals surface area contributed by atoms with Crippen molar-refractivity contribution in [1.29, 1.82) is 0 Å². The fourth-order valence-corrected chi connectivity index (χ4v) is 1.79. The van der Waals surface area contributed by atoms with E-state index in [-0.39, 0.29) is 11.2 Å². The van der Waals surface area contributed by atoms with E-state index in [4.69, 9.17) is 4.74 Å². The summed E-state index contributed by atoms with van der Waals surface area (Å²) in [6.07, 6.45) is 1.49. The highest BCUT2D eigenvalue weighted by molar-refractivity contribution is 9.10. The number of ether oxygens (including phenoxy) is 1. The quantitative estimate of drug-likeness (QED) is 0.922. The number of aromatic nitrogens is 1. The molecule has 2 aromatic rings. The lowest BCUT2D eigenvalue weighted by molar-refractivity contribution is 0.322. The van der Waals surface area contributed by atoms with Crippen molar-refractivity contribution in [2.24, 2.45) is 0 Å². The molecule has 0 bridgehead atoms. The average Bonchev–Trinajstić information content (AvgIpc) is 2.26. The second-order valence-corrected chi connectivity index (χ2v) is 4.08. The lowest BCUT2D eigenvalue weighted by Crippen LogP contribution is -2.05. The van der Waals surface area contributed by atoms with Crippen molar-refractivity contribution >= 4 is 26.8 Å². The highest BCUT2D eigenvalue weighted by Gasteiger charge is 2.09. The minimum atomic E-state index is -0.479. The van der Waals surface area contributed by atoms with Crippen LogP contribution in [0.15, 0.2) is 27.6 Å². The molecule has 1 aromatic carbocycles. The van der Waals surface area contributed by atoms with Crippen molar-refractivity contribution < 1.29 is 9.13 Å². The molecule has 0 aliphatic rings. The van der Waals surface area contributed by atoms with E-state index in [0.717, 1.165) is 0 Å². The molecule has 0 saturated heterocycles. The van der Waals surface area contributed by atoms with E-state index in [1.807, 2.05) is 0 Å². The van der Waals surface area contributed by atoms with Gasteiger partial charge >= 0.3 is 0 Å². The maximum atomic E-state index is 13.5. The molecule has 0 unspecified atom stereocenters. The molecule has 0 fully saturated rings. The van der Waals surface area contributed by atoms with Gasteiger partial charge in [-0.15, -0.1) is 0 Å². The van der Waals surface area contributed by atoms with Crippen LogP contribution in [0.3, 0.4) is 0 Å². The Kier molecular flexibility index (Phi) is 2.96. The van der Waals surface area contributed by atoms with Crippen LogP contribution in [0, 0.1) is 5.82 Å². The summed E-state index contributed by atoms with van der Waals surface area (Å²) in [5, 5.41) is 0.402. The summed E-state index contributed by atoms with van der Waals surface area (Å²) >= 11 is 3.12. The number of hydrogen-bond acceptors (Lipinski definition) is 2. The Morgan fingerprint density at radius 1 is 1.50 bits per heavy atom. The van der Waals surface area contributed by atoms with Crippen molar-refractivity contribution in [2.75, 3.05) is 6.61 Å². The second kappa shape index (κ2) is 4.25. The molecule has 84 valence electrons. The molecule has 0 amide bonds. The lowest BCUT2D eigenvalue weighted by Gasteiger charge is -2.06. The van der Waals surface area contributed by atoms with Gasteiger partial charge in [-0.3, -0.25) is 4.79 Å². The molecular weight excluding hydrogens is 277 g/mol. The first kappa shape index (κ1) is 11.1. The molecule has 0 aliphatic carbocycles. The van der Waals surface area contributed by atoms with Crippen molar-refractivity contribution in [1.82, 2.24) is 4.98 Å². The van der Waals surface area contributed by atoms with Crippen molar-refractivity contribution in [2.45, 2.75) is 6.92 Å². The average molecular weight is 286 g/mol. The topological polar surface area (TPSA) is 42.1 Å². The number of rotatable bonds is 2. The zero-order valence-electron chi connectivity index (χ0n) is 8.51. The first-order valence-corrected chi connectivity index (χ1v) is 5.56. The third-order valence-corrected chi connectivity index (χ3v) is 2.78. The predicted octanol–water partition coefficient (Wildman–Crippen LogP) is 2.83. The molecule has 0 spiro atoms. The lowest BCUT2D eigenvalue weighted by atomic mass is 10.2. The predicted molar refractivity (Wildman–Crippen MR) is 63.4 cm³/mol. The SMILES string of the molecule is CCOc1cc2c(=O)c(Br)c[nH]c2cc1F. The number of fused-ring (bicyclic) bond motifs is 1. The molecule has 1 N–H and O–H groups in total. The zero-order valence-corrected chi connectivity index (χ0v) is 10.1. The summed E-state index contributed by atoms with van der Waals surface area (Å²) in [4.78, 5) is 14.6. The Morgan fingerprint density at radius 3 is 2.94 bits per heavy atom. The van der Waals surface area contributed by atoms with Crippen LogP contribution in [0.5, 0.6) is 5.75 Å². The molecule has 0 aliphatic heterocycles. The molecule has 1 aromatic heterocycles. The molecule has 0 atom stereocenters. The van der Waals surface area contributed by atoms with Crippen molar-refractivity contribution in [3.63, 3.8) is 0 Å². The standard InChI is InChI=1S/C11H9BrFNO2/c1-2-16-10-3-6-9(4-8(10)13)14-5-7(12)11(6)15/h3-5H,2H2,1H3,(H,14,15). The largest absolute Gasteiger partial charge is 0.491 e. The smallest absolute Gasteiger partial charge is 0.203 e. The van der Waals surface area contributed by atoms with Gasteiger partial charge in [-0.2, -0.15) is 0 Å². The minimum Gasteiger partial charge on any atom is -0.491 e. The van der Waals surface area contributed by atoms with Crippen LogP contribution in [-0.2, 0) is 0 Å². The van der Waals surface area contributed by atoms with Crippen LogP contribution in [-0.4, -0.2) is 11.6 Å². The van der Waals surface area contributed by atoms with Crippen LogP contribution >= 0.6 is 15.9 Å².